The summed E-state index contributed by atoms with van der Waals surface area (Å²) < 4.78 is 62.4. The van der Waals surface area contributed by atoms with E-state index in [0.717, 1.165) is 16.7 Å². The van der Waals surface area contributed by atoms with E-state index >= 15 is 0 Å². The molecule has 0 unspecified atom stereocenters. The number of fused-ring (bicyclic) bond motifs is 1. The smallest absolute Gasteiger partial charge is 0.744 e. The molecule has 0 aromatic heterocycles. The van der Waals surface area contributed by atoms with Crippen LogP contribution in [0, 0.1) is 0 Å². The quantitative estimate of drug-likeness (QED) is 0.262. The number of sulfonamides is 1. The maximum Gasteiger partial charge on any atom is 1.00 e. The van der Waals surface area contributed by atoms with Crippen LogP contribution in [0.15, 0.2) is 65.6 Å². The van der Waals surface area contributed by atoms with Crippen molar-refractivity contribution >= 4 is 25.8 Å². The van der Waals surface area contributed by atoms with Crippen LogP contribution in [0.2, 0.25) is 0 Å². The molecule has 0 amide bonds. The number of hydrogen-bond donors (Lipinski definition) is 1. The van der Waals surface area contributed by atoms with Crippen LogP contribution in [0.1, 0.15) is 50.2 Å². The molecule has 6 nitrogen and oxygen atoms in total. The van der Waals surface area contributed by atoms with Crippen molar-refractivity contribution in [1.82, 2.24) is 0 Å². The zero-order chi connectivity index (χ0) is 23.4. The Morgan fingerprint density at radius 1 is 0.848 bits per heavy atom. The number of para-hydroxylation sites is 1. The maximum atomic E-state index is 12.2. The van der Waals surface area contributed by atoms with Gasteiger partial charge in [0.1, 0.15) is 10.1 Å². The van der Waals surface area contributed by atoms with E-state index < -0.39 is 20.1 Å². The first-order valence-electron chi connectivity index (χ1n) is 10.6. The van der Waals surface area contributed by atoms with Crippen molar-refractivity contribution in [2.75, 3.05) is 10.5 Å². The summed E-state index contributed by atoms with van der Waals surface area (Å²) in [6.07, 6.45) is 2.41. The molecule has 1 aromatic rings. The van der Waals surface area contributed by atoms with Gasteiger partial charge in [-0.3, -0.25) is 4.72 Å². The Balaban J connectivity index is 0.00000385. The normalized spacial score (nSPS) is 12.0. The number of hydrogen-bond acceptors (Lipinski definition) is 5. The Morgan fingerprint density at radius 3 is 2.09 bits per heavy atom. The Bertz CT molecular complexity index is 1240. The summed E-state index contributed by atoms with van der Waals surface area (Å²) in [7, 11) is -8.02. The fourth-order valence-corrected chi connectivity index (χ4v) is 5.64. The zero-order valence-electron chi connectivity index (χ0n) is 19.2. The third-order valence-electron chi connectivity index (χ3n) is 5.43. The Morgan fingerprint density at radius 2 is 1.48 bits per heavy atom. The SMILES string of the molecule is CC(C)c1ccc2c(CCCCCS(=O)(=O)Nc3ccccc3)cc(S(=O)(=O)[O-])c-2cc1.[Na+]. The minimum absolute atomic E-state index is 0. The van der Waals surface area contributed by atoms with E-state index in [1.807, 2.05) is 38.1 Å². The second-order valence-electron chi connectivity index (χ2n) is 8.23. The second kappa shape index (κ2) is 11.8. The molecular formula is C24H28NNaO5S2. The van der Waals surface area contributed by atoms with Crippen LogP contribution in [0.4, 0.5) is 5.69 Å². The van der Waals surface area contributed by atoms with Crippen LogP contribution in [0.25, 0.3) is 11.1 Å². The average molecular weight is 498 g/mol. The van der Waals surface area contributed by atoms with Crippen molar-refractivity contribution in [2.24, 2.45) is 0 Å². The molecule has 2 aliphatic carbocycles. The predicted molar refractivity (Wildman–Crippen MR) is 127 cm³/mol. The van der Waals surface area contributed by atoms with Crippen LogP contribution < -0.4 is 34.3 Å². The van der Waals surface area contributed by atoms with Crippen molar-refractivity contribution in [3.8, 4) is 11.1 Å². The van der Waals surface area contributed by atoms with Gasteiger partial charge in [-0.25, -0.2) is 16.8 Å². The zero-order valence-corrected chi connectivity index (χ0v) is 22.9. The fraction of sp³-hybridized carbons (Fsp3) is 0.333. The first-order valence-corrected chi connectivity index (χ1v) is 13.7. The third-order valence-corrected chi connectivity index (χ3v) is 7.68. The molecule has 2 aliphatic rings. The van der Waals surface area contributed by atoms with Crippen LogP contribution in [-0.2, 0) is 26.6 Å². The molecule has 0 aliphatic heterocycles. The molecule has 0 radical (unpaired) electrons. The number of rotatable bonds is 10. The number of anilines is 1. The minimum atomic E-state index is -4.59. The summed E-state index contributed by atoms with van der Waals surface area (Å²) in [4.78, 5) is -0.192. The van der Waals surface area contributed by atoms with Gasteiger partial charge in [0.15, 0.2) is 0 Å². The summed E-state index contributed by atoms with van der Waals surface area (Å²) >= 11 is 0. The molecule has 3 rings (SSSR count). The summed E-state index contributed by atoms with van der Waals surface area (Å²) in [6.45, 7) is 4.10. The van der Waals surface area contributed by atoms with E-state index in [1.54, 1.807) is 30.3 Å². The summed E-state index contributed by atoms with van der Waals surface area (Å²) in [5.74, 6) is 0.282. The maximum absolute atomic E-state index is 12.2. The molecule has 0 atom stereocenters. The summed E-state index contributed by atoms with van der Waals surface area (Å²) in [6, 6.07) is 17.6. The van der Waals surface area contributed by atoms with E-state index in [-0.39, 0.29) is 46.1 Å². The minimum Gasteiger partial charge on any atom is -0.744 e. The van der Waals surface area contributed by atoms with Gasteiger partial charge < -0.3 is 4.55 Å². The number of aryl methyl sites for hydroxylation is 1. The number of benzene rings is 1. The van der Waals surface area contributed by atoms with E-state index in [1.165, 1.54) is 6.07 Å². The van der Waals surface area contributed by atoms with Crippen LogP contribution in [0.5, 0.6) is 0 Å². The molecule has 33 heavy (non-hydrogen) atoms. The van der Waals surface area contributed by atoms with Crippen molar-refractivity contribution in [1.29, 1.82) is 0 Å². The van der Waals surface area contributed by atoms with Gasteiger partial charge in [0.25, 0.3) is 0 Å². The van der Waals surface area contributed by atoms with Crippen LogP contribution in [0.3, 0.4) is 0 Å². The topological polar surface area (TPSA) is 103 Å². The largest absolute Gasteiger partial charge is 1.00 e. The van der Waals surface area contributed by atoms with Crippen LogP contribution >= 0.6 is 0 Å². The van der Waals surface area contributed by atoms with Gasteiger partial charge in [-0.15, -0.1) is 0 Å². The first kappa shape index (κ1) is 27.8. The molecule has 1 N–H and O–H groups in total. The molecule has 0 fully saturated rings. The third kappa shape index (κ3) is 7.80. The molecular weight excluding hydrogens is 469 g/mol. The van der Waals surface area contributed by atoms with Crippen molar-refractivity contribution in [2.45, 2.75) is 50.3 Å². The molecule has 0 bridgehead atoms. The van der Waals surface area contributed by atoms with Gasteiger partial charge in [-0.2, -0.15) is 0 Å². The Hall–Kier alpha value is -1.42. The van der Waals surface area contributed by atoms with Gasteiger partial charge in [0.05, 0.1) is 10.6 Å². The van der Waals surface area contributed by atoms with E-state index in [4.69, 9.17) is 0 Å². The molecule has 0 heterocycles. The standard InChI is InChI=1S/C24H29NO5S2.Na/c1-18(2)19-12-14-22-20(17-24(32(28,29)30)23(22)15-13-19)9-5-4-8-16-31(26,27)25-21-10-6-3-7-11-21;/h3,6-7,10-15,17-18,25H,4-5,8-9,16H2,1-2H3,(H,28,29,30);/q;+1/p-1. The van der Waals surface area contributed by atoms with E-state index in [2.05, 4.69) is 4.72 Å². The second-order valence-corrected chi connectivity index (χ2v) is 11.4. The summed E-state index contributed by atoms with van der Waals surface area (Å²) in [5.41, 5.74) is 3.58. The monoisotopic (exact) mass is 497 g/mol. The average Bonchev–Trinajstić information content (AvgIpc) is 2.91. The summed E-state index contributed by atoms with van der Waals surface area (Å²) in [5, 5.41) is 0. The fourth-order valence-electron chi connectivity index (χ4n) is 3.72. The van der Waals surface area contributed by atoms with Gasteiger partial charge in [0.2, 0.25) is 10.0 Å². The van der Waals surface area contributed by atoms with E-state index in [9.17, 15) is 21.4 Å². The number of unbranched alkanes of at least 4 members (excludes halogenated alkanes) is 2. The van der Waals surface area contributed by atoms with Crippen LogP contribution in [-0.4, -0.2) is 27.1 Å². The van der Waals surface area contributed by atoms with E-state index in [0.29, 0.717) is 36.9 Å². The molecule has 172 valence electrons. The Labute approximate surface area is 219 Å². The van der Waals surface area contributed by atoms with Gasteiger partial charge >= 0.3 is 29.6 Å². The molecule has 1 aromatic carbocycles. The first-order chi connectivity index (χ1) is 15.1. The molecule has 0 saturated carbocycles. The van der Waals surface area contributed by atoms with Gasteiger partial charge in [0, 0.05) is 5.69 Å². The van der Waals surface area contributed by atoms with Crippen molar-refractivity contribution in [3.05, 3.63) is 71.8 Å². The Kier molecular flexibility index (Phi) is 9.96. The molecule has 9 heteroatoms. The van der Waals surface area contributed by atoms with Crippen molar-refractivity contribution in [3.63, 3.8) is 0 Å². The predicted octanol–water partition coefficient (Wildman–Crippen LogP) is 1.98. The van der Waals surface area contributed by atoms with Gasteiger partial charge in [-0.05, 0) is 65.6 Å². The molecule has 0 saturated heterocycles. The number of nitrogens with one attached hydrogen (secondary N) is 1. The molecule has 0 spiro atoms. The van der Waals surface area contributed by atoms with Crippen molar-refractivity contribution < 1.29 is 50.9 Å². The van der Waals surface area contributed by atoms with Gasteiger partial charge in [-0.1, -0.05) is 62.7 Å².